The second kappa shape index (κ2) is 9.17. The molecule has 3 rings (SSSR count). The molecule has 5 heteroatoms. The predicted molar refractivity (Wildman–Crippen MR) is 111 cm³/mol. The van der Waals surface area contributed by atoms with Gasteiger partial charge in [0.05, 0.1) is 5.54 Å². The number of aliphatic carboxylic acids is 2. The van der Waals surface area contributed by atoms with Crippen molar-refractivity contribution in [3.8, 4) is 0 Å². The third-order valence-electron chi connectivity index (χ3n) is 4.96. The van der Waals surface area contributed by atoms with Gasteiger partial charge in [0, 0.05) is 6.42 Å². The first-order chi connectivity index (χ1) is 14.0. The summed E-state index contributed by atoms with van der Waals surface area (Å²) >= 11 is 0. The molecule has 0 aliphatic carbocycles. The van der Waals surface area contributed by atoms with Gasteiger partial charge >= 0.3 is 11.9 Å². The molecule has 3 aromatic carbocycles. The Balaban J connectivity index is 2.21. The van der Waals surface area contributed by atoms with E-state index in [1.54, 1.807) is 0 Å². The van der Waals surface area contributed by atoms with E-state index in [1.165, 1.54) is 0 Å². The van der Waals surface area contributed by atoms with Crippen molar-refractivity contribution in [2.45, 2.75) is 24.4 Å². The van der Waals surface area contributed by atoms with E-state index >= 15 is 0 Å². The fourth-order valence-corrected chi connectivity index (χ4v) is 3.60. The standard InChI is InChI=1S/C24H23NO4/c26-22(27)17-16-21(23(28)29)25-24(18-10-4-1-5-11-18,19-12-6-2-7-13-19)20-14-8-3-9-15-20/h1-15,21,25H,16-17H2,(H,26,27)(H,28,29)/t21-/m1/s1. The minimum Gasteiger partial charge on any atom is -0.481 e. The SMILES string of the molecule is O=C(O)CC[C@@H](NC(c1ccccc1)(c1ccccc1)c1ccccc1)C(=O)O. The van der Waals surface area contributed by atoms with Crippen LogP contribution in [0.15, 0.2) is 91.0 Å². The highest BCUT2D eigenvalue weighted by molar-refractivity contribution is 5.75. The minimum atomic E-state index is -1.08. The highest BCUT2D eigenvalue weighted by Gasteiger charge is 2.39. The van der Waals surface area contributed by atoms with E-state index in [4.69, 9.17) is 5.11 Å². The van der Waals surface area contributed by atoms with E-state index in [1.807, 2.05) is 91.0 Å². The van der Waals surface area contributed by atoms with Gasteiger partial charge in [0.1, 0.15) is 6.04 Å². The van der Waals surface area contributed by atoms with Crippen LogP contribution in [0.5, 0.6) is 0 Å². The first-order valence-corrected chi connectivity index (χ1v) is 9.43. The van der Waals surface area contributed by atoms with E-state index < -0.39 is 23.5 Å². The maximum atomic E-state index is 12.0. The van der Waals surface area contributed by atoms with Crippen LogP contribution >= 0.6 is 0 Å². The third-order valence-corrected chi connectivity index (χ3v) is 4.96. The van der Waals surface area contributed by atoms with Gasteiger partial charge in [-0.25, -0.2) is 0 Å². The summed E-state index contributed by atoms with van der Waals surface area (Å²) in [6, 6.07) is 27.8. The summed E-state index contributed by atoms with van der Waals surface area (Å²) in [6.45, 7) is 0. The lowest BCUT2D eigenvalue weighted by Gasteiger charge is -2.39. The molecule has 0 bridgehead atoms. The van der Waals surface area contributed by atoms with Gasteiger partial charge in [-0.2, -0.15) is 0 Å². The van der Waals surface area contributed by atoms with Crippen LogP contribution in [-0.4, -0.2) is 28.2 Å². The number of hydrogen-bond donors (Lipinski definition) is 3. The molecule has 29 heavy (non-hydrogen) atoms. The Kier molecular flexibility index (Phi) is 6.42. The van der Waals surface area contributed by atoms with Gasteiger partial charge in [-0.1, -0.05) is 91.0 Å². The Hall–Kier alpha value is -3.44. The number of carbonyl (C=O) groups is 2. The number of hydrogen-bond acceptors (Lipinski definition) is 3. The molecular formula is C24H23NO4. The number of carboxylic acids is 2. The van der Waals surface area contributed by atoms with E-state index in [0.29, 0.717) is 0 Å². The van der Waals surface area contributed by atoms with Crippen LogP contribution in [0.2, 0.25) is 0 Å². The van der Waals surface area contributed by atoms with Crippen molar-refractivity contribution in [3.05, 3.63) is 108 Å². The van der Waals surface area contributed by atoms with E-state index in [9.17, 15) is 14.7 Å². The molecule has 1 atom stereocenters. The maximum absolute atomic E-state index is 12.0. The molecule has 0 heterocycles. The van der Waals surface area contributed by atoms with Gasteiger partial charge in [-0.15, -0.1) is 0 Å². The summed E-state index contributed by atoms with van der Waals surface area (Å²) < 4.78 is 0. The lowest BCUT2D eigenvalue weighted by molar-refractivity contribution is -0.141. The highest BCUT2D eigenvalue weighted by Crippen LogP contribution is 2.37. The first-order valence-electron chi connectivity index (χ1n) is 9.43. The van der Waals surface area contributed by atoms with Crippen molar-refractivity contribution < 1.29 is 19.8 Å². The number of benzene rings is 3. The molecule has 0 unspecified atom stereocenters. The molecule has 0 fully saturated rings. The number of nitrogens with one attached hydrogen (secondary N) is 1. The molecule has 0 aliphatic heterocycles. The van der Waals surface area contributed by atoms with Gasteiger partial charge in [0.25, 0.3) is 0 Å². The molecule has 0 amide bonds. The third kappa shape index (κ3) is 4.52. The predicted octanol–water partition coefficient (Wildman–Crippen LogP) is 3.89. The van der Waals surface area contributed by atoms with Crippen molar-refractivity contribution in [1.82, 2.24) is 5.32 Å². The average molecular weight is 389 g/mol. The Morgan fingerprint density at radius 3 is 1.41 bits per heavy atom. The first kappa shape index (κ1) is 20.3. The van der Waals surface area contributed by atoms with Crippen LogP contribution in [0.4, 0.5) is 0 Å². The van der Waals surface area contributed by atoms with Crippen LogP contribution in [0.25, 0.3) is 0 Å². The van der Waals surface area contributed by atoms with Gasteiger partial charge in [0.15, 0.2) is 0 Å². The molecule has 0 aliphatic rings. The smallest absolute Gasteiger partial charge is 0.320 e. The molecule has 0 radical (unpaired) electrons. The Bertz CT molecular complexity index is 846. The summed E-state index contributed by atoms with van der Waals surface area (Å²) in [5.41, 5.74) is 1.67. The molecule has 0 aromatic heterocycles. The van der Waals surface area contributed by atoms with Crippen LogP contribution in [0.1, 0.15) is 29.5 Å². The quantitative estimate of drug-likeness (QED) is 0.484. The summed E-state index contributed by atoms with van der Waals surface area (Å²) in [5, 5.41) is 22.2. The van der Waals surface area contributed by atoms with Gasteiger partial charge in [-0.05, 0) is 23.1 Å². The largest absolute Gasteiger partial charge is 0.481 e. The molecule has 3 N–H and O–H groups in total. The molecule has 0 spiro atoms. The lowest BCUT2D eigenvalue weighted by atomic mass is 9.76. The summed E-state index contributed by atoms with van der Waals surface area (Å²) in [7, 11) is 0. The number of carboxylic acid groups (broad SMARTS) is 2. The Morgan fingerprint density at radius 1 is 0.724 bits per heavy atom. The summed E-state index contributed by atoms with van der Waals surface area (Å²) in [6.07, 6.45) is -0.267. The van der Waals surface area contributed by atoms with Crippen LogP contribution in [0.3, 0.4) is 0 Å². The van der Waals surface area contributed by atoms with E-state index in [2.05, 4.69) is 5.32 Å². The zero-order valence-electron chi connectivity index (χ0n) is 15.9. The average Bonchev–Trinajstić information content (AvgIpc) is 2.75. The molecule has 3 aromatic rings. The minimum absolute atomic E-state index is 0.0289. The molecular weight excluding hydrogens is 366 g/mol. The summed E-state index contributed by atoms with van der Waals surface area (Å²) in [4.78, 5) is 23.1. The van der Waals surface area contributed by atoms with Crippen molar-refractivity contribution >= 4 is 11.9 Å². The summed E-state index contributed by atoms with van der Waals surface area (Å²) in [5.74, 6) is -2.11. The van der Waals surface area contributed by atoms with Crippen LogP contribution in [-0.2, 0) is 15.1 Å². The fourth-order valence-electron chi connectivity index (χ4n) is 3.60. The van der Waals surface area contributed by atoms with E-state index in [-0.39, 0.29) is 12.8 Å². The second-order valence-electron chi connectivity index (χ2n) is 6.82. The highest BCUT2D eigenvalue weighted by atomic mass is 16.4. The number of rotatable bonds is 9. The van der Waals surface area contributed by atoms with Gasteiger partial charge in [-0.3, -0.25) is 14.9 Å². The van der Waals surface area contributed by atoms with Crippen LogP contribution in [0, 0.1) is 0 Å². The van der Waals surface area contributed by atoms with Crippen molar-refractivity contribution in [2.75, 3.05) is 0 Å². The molecule has 0 saturated heterocycles. The normalized spacial score (nSPS) is 12.3. The van der Waals surface area contributed by atoms with Crippen molar-refractivity contribution in [3.63, 3.8) is 0 Å². The zero-order valence-corrected chi connectivity index (χ0v) is 15.9. The monoisotopic (exact) mass is 389 g/mol. The van der Waals surface area contributed by atoms with Crippen molar-refractivity contribution in [2.24, 2.45) is 0 Å². The topological polar surface area (TPSA) is 86.6 Å². The van der Waals surface area contributed by atoms with Crippen molar-refractivity contribution in [1.29, 1.82) is 0 Å². The fraction of sp³-hybridized carbons (Fsp3) is 0.167. The Morgan fingerprint density at radius 2 is 1.10 bits per heavy atom. The molecule has 5 nitrogen and oxygen atoms in total. The second-order valence-corrected chi connectivity index (χ2v) is 6.82. The maximum Gasteiger partial charge on any atom is 0.320 e. The molecule has 0 saturated carbocycles. The van der Waals surface area contributed by atoms with Gasteiger partial charge < -0.3 is 10.2 Å². The molecule has 148 valence electrons. The lowest BCUT2D eigenvalue weighted by Crippen LogP contribution is -2.52. The van der Waals surface area contributed by atoms with Crippen LogP contribution < -0.4 is 5.32 Å². The zero-order chi connectivity index (χ0) is 20.7. The van der Waals surface area contributed by atoms with Gasteiger partial charge in [0.2, 0.25) is 0 Å². The Labute approximate surface area is 169 Å². The van der Waals surface area contributed by atoms with E-state index in [0.717, 1.165) is 16.7 Å².